The molecule has 0 aliphatic heterocycles. The number of aldehydes is 1. The number of halogens is 3. The average Bonchev–Trinajstić information content (AvgIpc) is 0.789. The summed E-state index contributed by atoms with van der Waals surface area (Å²) in [5, 5.41) is 25.7. The van der Waals surface area contributed by atoms with Gasteiger partial charge in [-0.2, -0.15) is 13.2 Å². The third-order valence-electron chi connectivity index (χ3n) is 17.4. The van der Waals surface area contributed by atoms with E-state index in [4.69, 9.17) is 53.8 Å². The van der Waals surface area contributed by atoms with Crippen molar-refractivity contribution in [1.29, 1.82) is 0 Å². The van der Waals surface area contributed by atoms with Gasteiger partial charge in [0.1, 0.15) is 36.1 Å². The first-order valence-electron chi connectivity index (χ1n) is 37.8. The van der Waals surface area contributed by atoms with Crippen LogP contribution in [-0.4, -0.2) is 186 Å². The number of alkyl halides is 3. The third-order valence-corrected chi connectivity index (χ3v) is 17.4. The van der Waals surface area contributed by atoms with Gasteiger partial charge >= 0.3 is 43.1 Å². The predicted octanol–water partition coefficient (Wildman–Crippen LogP) is 12.4. The Kier molecular flexibility index (Phi) is 45.2. The molecule has 626 valence electrons. The number of benzene rings is 6. The maximum absolute atomic E-state index is 13.2. The Labute approximate surface area is 695 Å². The number of aryl methyl sites for hydroxylation is 3. The van der Waals surface area contributed by atoms with Crippen molar-refractivity contribution in [2.24, 2.45) is 10.2 Å². The maximum Gasteiger partial charge on any atom is 1.00 e. The number of Topliss-reactive ketones (excluding diaryl/α,β-unsaturated/α-hetero) is 2. The topological polar surface area (TPSA) is 411 Å². The van der Waals surface area contributed by atoms with Crippen molar-refractivity contribution in [1.82, 2.24) is 20.6 Å². The number of azide groups is 2. The molecule has 0 aliphatic carbocycles. The van der Waals surface area contributed by atoms with Gasteiger partial charge in [0.15, 0.2) is 11.6 Å². The number of hydrogen-bond donors (Lipinski definition) is 3. The fourth-order valence-electron chi connectivity index (χ4n) is 11.9. The average molecular weight is 1630 g/mol. The molecule has 0 saturated carbocycles. The fourth-order valence-corrected chi connectivity index (χ4v) is 11.9. The van der Waals surface area contributed by atoms with E-state index in [-0.39, 0.29) is 113 Å². The van der Waals surface area contributed by atoms with Gasteiger partial charge in [-0.05, 0) is 163 Å². The molecule has 6 aromatic carbocycles. The van der Waals surface area contributed by atoms with Gasteiger partial charge < -0.3 is 59.1 Å². The van der Waals surface area contributed by atoms with E-state index < -0.39 is 47.9 Å². The minimum absolute atomic E-state index is 0. The Morgan fingerprint density at radius 1 is 0.559 bits per heavy atom. The number of fused-ring (bicyclic) bond motifs is 2. The van der Waals surface area contributed by atoms with Crippen LogP contribution in [0.2, 0.25) is 0 Å². The smallest absolute Gasteiger partial charge is 0.870 e. The first kappa shape index (κ1) is 99.1. The summed E-state index contributed by atoms with van der Waals surface area (Å²) in [6.45, 7) is 13.4. The number of nitrogens with one attached hydrogen (secondary N) is 2. The van der Waals surface area contributed by atoms with E-state index in [9.17, 15) is 51.8 Å². The second kappa shape index (κ2) is 53.8. The zero-order chi connectivity index (χ0) is 84.1. The number of amides is 3. The van der Waals surface area contributed by atoms with Gasteiger partial charge in [-0.15, -0.1) is 0 Å². The van der Waals surface area contributed by atoms with Crippen molar-refractivity contribution in [2.75, 3.05) is 111 Å². The maximum atomic E-state index is 13.2. The minimum atomic E-state index is -4.64. The SMILES string of the molecule is COC(=O)C[C@@H](CC(=O)CNC(=O)CCCN(C(=O)OC(C)(C)C)c1cc(C)ccn1)c1ccc(-c2ccc(OCCOCCOCCN=[N+]=[N-])c3ccccc23)cc1.Cc1ccnc(CCCCC(=O)NCC(=O)C[C@H](CC(=O)O)c2ccc(-c3ccc(OCCOCCOCCN=[N+]=[N-])c4ccccc34)cc2)c1.O=CC(F)(F)F.[Li+].[OH-]. The monoisotopic (exact) mass is 1630 g/mol. The molecular formula is C85H101F3LiN11O18. The number of carbonyl (C=O) groups is 8. The number of aromatic nitrogens is 2. The summed E-state index contributed by atoms with van der Waals surface area (Å²) in [7, 11) is 1.31. The van der Waals surface area contributed by atoms with Crippen molar-refractivity contribution in [2.45, 2.75) is 122 Å². The second-order valence-electron chi connectivity index (χ2n) is 27.5. The van der Waals surface area contributed by atoms with E-state index in [0.717, 1.165) is 96.1 Å². The van der Waals surface area contributed by atoms with Gasteiger partial charge in [0, 0.05) is 95.8 Å². The molecule has 0 bridgehead atoms. The van der Waals surface area contributed by atoms with Crippen LogP contribution in [0.1, 0.15) is 118 Å². The molecule has 0 fully saturated rings. The number of ketones is 2. The first-order valence-corrected chi connectivity index (χ1v) is 37.8. The zero-order valence-electron chi connectivity index (χ0n) is 67.5. The summed E-state index contributed by atoms with van der Waals surface area (Å²) in [6, 6.07) is 46.7. The molecule has 0 saturated heterocycles. The Hall–Kier alpha value is -11.3. The van der Waals surface area contributed by atoms with Gasteiger partial charge in [0.05, 0.1) is 85.9 Å². The van der Waals surface area contributed by atoms with Gasteiger partial charge in [-0.3, -0.25) is 43.4 Å². The van der Waals surface area contributed by atoms with Crippen molar-refractivity contribution in [3.05, 3.63) is 207 Å². The number of esters is 1. The largest absolute Gasteiger partial charge is 1.00 e. The number of nitrogens with zero attached hydrogens (tertiary/aromatic N) is 9. The number of pyridine rings is 2. The van der Waals surface area contributed by atoms with Crippen molar-refractivity contribution in [3.8, 4) is 33.8 Å². The second-order valence-corrected chi connectivity index (χ2v) is 27.5. The number of methoxy groups -OCH3 is 1. The van der Waals surface area contributed by atoms with Crippen LogP contribution in [0.15, 0.2) is 168 Å². The fraction of sp³-hybridized carbons (Fsp3) is 0.412. The number of aliphatic carboxylic acids is 1. The molecule has 4 N–H and O–H groups in total. The van der Waals surface area contributed by atoms with Crippen LogP contribution < -0.4 is 43.9 Å². The number of ether oxygens (including phenoxy) is 8. The molecule has 8 aromatic rings. The summed E-state index contributed by atoms with van der Waals surface area (Å²) in [5.41, 5.74) is 24.3. The van der Waals surface area contributed by atoms with Crippen molar-refractivity contribution < 1.29 is 119 Å². The molecule has 0 aliphatic rings. The standard InChI is InChI=1S/C44H54N6O9.C39H45N5O7.C2HF3O.Li.H2O/c1-31-18-19-46-40(27-31)50(43(54)59-44(2,3)4)21-8-11-41(52)47-30-35(51)28-34(29-42(53)55-5)32-12-14-33(15-13-32)36-16-17-39(38-10-7-6-9-37(36)38)58-26-25-57-24-23-56-22-20-48-49-45;1-28-16-17-41-32(24-28)6-2-5-9-38(46)42-27-33(45)25-31(26-39(47)48)29-10-12-30(13-11-29)34-14-15-37(36-8-4-3-7-35(34)36)51-23-22-50-21-20-49-19-18-43-44-40;3-2(4,5)1-6;;/h6-7,9-10,12-19,27,34H,8,11,20-26,28-30H2,1-5H3,(H,47,52);3-4,7-8,10-17,24,31H,2,5-6,9,18-23,25-27H2,1H3,(H,42,46)(H,47,48);1H;;1H2/q;;;+1;/p-1/t34-;31-;;;/m11.../s1. The summed E-state index contributed by atoms with van der Waals surface area (Å²) in [4.78, 5) is 112. The molecule has 29 nitrogen and oxygen atoms in total. The molecule has 0 radical (unpaired) electrons. The van der Waals surface area contributed by atoms with E-state index in [0.29, 0.717) is 91.1 Å². The summed E-state index contributed by atoms with van der Waals surface area (Å²) in [5.74, 6) is -1.55. The van der Waals surface area contributed by atoms with E-state index >= 15 is 0 Å². The molecule has 0 unspecified atom stereocenters. The van der Waals surface area contributed by atoms with Crippen LogP contribution in [0.25, 0.3) is 64.7 Å². The number of carboxylic acid groups (broad SMARTS) is 1. The summed E-state index contributed by atoms with van der Waals surface area (Å²) >= 11 is 0. The van der Waals surface area contributed by atoms with Crippen LogP contribution in [0, 0.1) is 13.8 Å². The number of anilines is 1. The van der Waals surface area contributed by atoms with Crippen LogP contribution in [-0.2, 0) is 68.4 Å². The molecule has 2 aromatic heterocycles. The molecule has 8 rings (SSSR count). The Morgan fingerprint density at radius 2 is 0.992 bits per heavy atom. The Balaban J connectivity index is 0.000000460. The van der Waals surface area contributed by atoms with Crippen LogP contribution >= 0.6 is 0 Å². The quantitative estimate of drug-likeness (QED) is 0.00606. The molecule has 118 heavy (non-hydrogen) atoms. The van der Waals surface area contributed by atoms with E-state index in [1.807, 2.05) is 153 Å². The summed E-state index contributed by atoms with van der Waals surface area (Å²) < 4.78 is 75.7. The molecular weight excluding hydrogens is 1530 g/mol. The Bertz CT molecular complexity index is 4600. The zero-order valence-corrected chi connectivity index (χ0v) is 67.5. The van der Waals surface area contributed by atoms with Gasteiger partial charge in [-0.25, -0.2) is 9.78 Å². The minimum Gasteiger partial charge on any atom is -0.870 e. The molecule has 0 spiro atoms. The molecule has 3 amide bonds. The van der Waals surface area contributed by atoms with Crippen LogP contribution in [0.3, 0.4) is 0 Å². The third kappa shape index (κ3) is 37.3. The number of rotatable bonds is 46. The molecule has 2 atom stereocenters. The molecule has 33 heteroatoms. The van der Waals surface area contributed by atoms with Gasteiger partial charge in [0.2, 0.25) is 18.1 Å². The number of hydrogen-bond acceptors (Lipinski definition) is 21. The number of unbranched alkanes of at least 4 members (excludes halogenated alkanes) is 1. The normalized spacial score (nSPS) is 11.3. The molecule has 2 heterocycles. The van der Waals surface area contributed by atoms with Crippen molar-refractivity contribution >= 4 is 75.1 Å². The van der Waals surface area contributed by atoms with Gasteiger partial charge in [-0.1, -0.05) is 119 Å². The van der Waals surface area contributed by atoms with Crippen LogP contribution in [0.4, 0.5) is 23.8 Å². The van der Waals surface area contributed by atoms with Crippen molar-refractivity contribution in [3.63, 3.8) is 0 Å². The Morgan fingerprint density at radius 3 is 1.42 bits per heavy atom. The number of carbonyl (C=O) groups excluding carboxylic acids is 7. The summed E-state index contributed by atoms with van der Waals surface area (Å²) in [6.07, 6.45) is -0.0660. The van der Waals surface area contributed by atoms with E-state index in [1.165, 1.54) is 12.0 Å². The predicted molar refractivity (Wildman–Crippen MR) is 433 cm³/mol. The number of carboxylic acids is 1. The van der Waals surface area contributed by atoms with Crippen LogP contribution in [0.5, 0.6) is 11.5 Å². The van der Waals surface area contributed by atoms with E-state index in [1.54, 1.807) is 39.2 Å². The first-order chi connectivity index (χ1) is 55.8. The van der Waals surface area contributed by atoms with E-state index in [2.05, 4.69) is 40.7 Å². The van der Waals surface area contributed by atoms with Gasteiger partial charge in [0.25, 0.3) is 0 Å².